The van der Waals surface area contributed by atoms with E-state index in [9.17, 15) is 4.79 Å². The molecule has 1 N–H and O–H groups in total. The molecule has 0 saturated carbocycles. The first-order chi connectivity index (χ1) is 13.1. The first-order valence-electron chi connectivity index (χ1n) is 8.63. The Morgan fingerprint density at radius 2 is 1.96 bits per heavy atom. The third-order valence-electron chi connectivity index (χ3n) is 3.92. The van der Waals surface area contributed by atoms with E-state index in [1.807, 2.05) is 79.1 Å². The molecule has 2 heterocycles. The van der Waals surface area contributed by atoms with Crippen LogP contribution in [0.5, 0.6) is 0 Å². The SMILES string of the molecule is CCn1c(SCC(=O)Nc2ccccc2)nnc1-c1ccc(N(C)C)cn1.[HH]. The second-order valence-corrected chi connectivity index (χ2v) is 6.99. The smallest absolute Gasteiger partial charge is 0.234 e. The summed E-state index contributed by atoms with van der Waals surface area (Å²) in [6.45, 7) is 2.72. The quantitative estimate of drug-likeness (QED) is 0.629. The molecule has 3 rings (SSSR count). The molecule has 1 aromatic carbocycles. The number of nitrogens with one attached hydrogen (secondary N) is 1. The average molecular weight is 385 g/mol. The maximum atomic E-state index is 12.2. The number of carbonyl (C=O) groups is 1. The molecule has 0 saturated heterocycles. The van der Waals surface area contributed by atoms with Crippen molar-refractivity contribution < 1.29 is 6.22 Å². The molecule has 7 nitrogen and oxygen atoms in total. The molecule has 1 amide bonds. The van der Waals surface area contributed by atoms with Gasteiger partial charge in [-0.2, -0.15) is 0 Å². The summed E-state index contributed by atoms with van der Waals surface area (Å²) in [6, 6.07) is 13.3. The predicted molar refractivity (Wildman–Crippen MR) is 111 cm³/mol. The van der Waals surface area contributed by atoms with Crippen LogP contribution < -0.4 is 10.2 Å². The van der Waals surface area contributed by atoms with Gasteiger partial charge < -0.3 is 14.8 Å². The van der Waals surface area contributed by atoms with E-state index in [0.29, 0.717) is 17.5 Å². The third-order valence-corrected chi connectivity index (χ3v) is 4.88. The van der Waals surface area contributed by atoms with E-state index in [-0.39, 0.29) is 13.1 Å². The van der Waals surface area contributed by atoms with Gasteiger partial charge in [-0.1, -0.05) is 30.0 Å². The summed E-state index contributed by atoms with van der Waals surface area (Å²) in [5.74, 6) is 0.890. The highest BCUT2D eigenvalue weighted by Crippen LogP contribution is 2.24. The minimum Gasteiger partial charge on any atom is -0.376 e. The van der Waals surface area contributed by atoms with Crippen molar-refractivity contribution in [2.45, 2.75) is 18.6 Å². The van der Waals surface area contributed by atoms with Crippen molar-refractivity contribution in [2.75, 3.05) is 30.1 Å². The first-order valence-corrected chi connectivity index (χ1v) is 9.61. The number of thioether (sulfide) groups is 1. The third kappa shape index (κ3) is 4.65. The number of pyridine rings is 1. The van der Waals surface area contributed by atoms with Gasteiger partial charge in [0.05, 0.1) is 17.6 Å². The van der Waals surface area contributed by atoms with Crippen LogP contribution in [-0.4, -0.2) is 45.5 Å². The highest BCUT2D eigenvalue weighted by molar-refractivity contribution is 7.99. The molecule has 0 spiro atoms. The molecule has 0 aliphatic heterocycles. The molecule has 142 valence electrons. The highest BCUT2D eigenvalue weighted by Gasteiger charge is 2.15. The Bertz CT molecular complexity index is 899. The van der Waals surface area contributed by atoms with Crippen LogP contribution in [0.25, 0.3) is 11.5 Å². The molecule has 27 heavy (non-hydrogen) atoms. The Balaban J connectivity index is 0.00000280. The Labute approximate surface area is 164 Å². The van der Waals surface area contributed by atoms with Gasteiger partial charge >= 0.3 is 0 Å². The molecule has 0 aliphatic rings. The molecule has 3 aromatic rings. The van der Waals surface area contributed by atoms with E-state index < -0.39 is 0 Å². The molecule has 2 aromatic heterocycles. The summed E-state index contributed by atoms with van der Waals surface area (Å²) in [7, 11) is 3.95. The van der Waals surface area contributed by atoms with E-state index in [1.54, 1.807) is 0 Å². The van der Waals surface area contributed by atoms with Gasteiger partial charge in [-0.15, -0.1) is 10.2 Å². The molecule has 0 atom stereocenters. The van der Waals surface area contributed by atoms with Gasteiger partial charge in [-0.3, -0.25) is 9.78 Å². The molecule has 0 unspecified atom stereocenters. The fourth-order valence-corrected chi connectivity index (χ4v) is 3.30. The van der Waals surface area contributed by atoms with Crippen molar-refractivity contribution in [2.24, 2.45) is 0 Å². The topological polar surface area (TPSA) is 75.9 Å². The number of nitrogens with zero attached hydrogens (tertiary/aromatic N) is 5. The lowest BCUT2D eigenvalue weighted by Crippen LogP contribution is -2.14. The molecule has 0 fully saturated rings. The molecule has 0 radical (unpaired) electrons. The van der Waals surface area contributed by atoms with Gasteiger partial charge in [0.2, 0.25) is 5.91 Å². The van der Waals surface area contributed by atoms with Gasteiger partial charge in [-0.05, 0) is 31.2 Å². The number of para-hydroxylation sites is 1. The fraction of sp³-hybridized carbons (Fsp3) is 0.263. The zero-order valence-corrected chi connectivity index (χ0v) is 16.4. The number of carbonyl (C=O) groups excluding carboxylic acids is 1. The number of anilines is 2. The fourth-order valence-electron chi connectivity index (χ4n) is 2.50. The van der Waals surface area contributed by atoms with Crippen LogP contribution in [-0.2, 0) is 11.3 Å². The van der Waals surface area contributed by atoms with Gasteiger partial charge in [0.15, 0.2) is 11.0 Å². The molecule has 0 aliphatic carbocycles. The number of amides is 1. The predicted octanol–water partition coefficient (Wildman–Crippen LogP) is 3.40. The Morgan fingerprint density at radius 1 is 1.19 bits per heavy atom. The molecular weight excluding hydrogens is 360 g/mol. The van der Waals surface area contributed by atoms with Crippen molar-refractivity contribution in [3.63, 3.8) is 0 Å². The summed E-state index contributed by atoms with van der Waals surface area (Å²) in [5, 5.41) is 12.1. The lowest BCUT2D eigenvalue weighted by atomic mass is 10.3. The maximum Gasteiger partial charge on any atom is 0.234 e. The van der Waals surface area contributed by atoms with E-state index >= 15 is 0 Å². The number of hydrogen-bond acceptors (Lipinski definition) is 6. The van der Waals surface area contributed by atoms with Gasteiger partial charge in [0.25, 0.3) is 0 Å². The summed E-state index contributed by atoms with van der Waals surface area (Å²) in [4.78, 5) is 18.6. The second-order valence-electron chi connectivity index (χ2n) is 6.05. The van der Waals surface area contributed by atoms with Crippen LogP contribution in [0.4, 0.5) is 11.4 Å². The van der Waals surface area contributed by atoms with Gasteiger partial charge in [0, 0.05) is 27.8 Å². The zero-order chi connectivity index (χ0) is 19.2. The van der Waals surface area contributed by atoms with Crippen molar-refractivity contribution in [1.82, 2.24) is 19.7 Å². The van der Waals surface area contributed by atoms with E-state index in [1.165, 1.54) is 11.8 Å². The van der Waals surface area contributed by atoms with Crippen LogP contribution in [0, 0.1) is 0 Å². The maximum absolute atomic E-state index is 12.2. The number of benzene rings is 1. The average Bonchev–Trinajstić information content (AvgIpc) is 3.10. The van der Waals surface area contributed by atoms with Crippen molar-refractivity contribution in [3.05, 3.63) is 48.7 Å². The minimum atomic E-state index is -0.0770. The lowest BCUT2D eigenvalue weighted by Gasteiger charge is -2.12. The summed E-state index contributed by atoms with van der Waals surface area (Å²) in [6.07, 6.45) is 1.81. The monoisotopic (exact) mass is 384 g/mol. The Hall–Kier alpha value is -2.87. The largest absolute Gasteiger partial charge is 0.376 e. The van der Waals surface area contributed by atoms with Gasteiger partial charge in [0.1, 0.15) is 5.69 Å². The van der Waals surface area contributed by atoms with Crippen molar-refractivity contribution in [1.29, 1.82) is 0 Å². The molecular formula is C19H24N6OS. The Kier molecular flexibility index (Phi) is 6.08. The van der Waals surface area contributed by atoms with E-state index in [2.05, 4.69) is 20.5 Å². The lowest BCUT2D eigenvalue weighted by molar-refractivity contribution is -0.113. The van der Waals surface area contributed by atoms with Crippen LogP contribution in [0.2, 0.25) is 0 Å². The van der Waals surface area contributed by atoms with Crippen LogP contribution >= 0.6 is 11.8 Å². The van der Waals surface area contributed by atoms with Crippen LogP contribution in [0.15, 0.2) is 53.8 Å². The first kappa shape index (κ1) is 18.9. The van der Waals surface area contributed by atoms with Crippen LogP contribution in [0.1, 0.15) is 8.35 Å². The highest BCUT2D eigenvalue weighted by atomic mass is 32.2. The number of rotatable bonds is 7. The Morgan fingerprint density at radius 3 is 2.59 bits per heavy atom. The normalized spacial score (nSPS) is 10.6. The number of hydrogen-bond donors (Lipinski definition) is 1. The van der Waals surface area contributed by atoms with Crippen molar-refractivity contribution in [3.8, 4) is 11.5 Å². The minimum absolute atomic E-state index is 0. The standard InChI is InChI=1S/C19H22N6OS.H2/c1-4-25-18(16-11-10-15(12-20-16)24(2)3)22-23-19(25)27-13-17(26)21-14-8-6-5-7-9-14;/h5-12H,4,13H2,1-3H3,(H,21,26);1H. The van der Waals surface area contributed by atoms with E-state index in [4.69, 9.17) is 0 Å². The molecule has 0 bridgehead atoms. The van der Waals surface area contributed by atoms with Crippen molar-refractivity contribution >= 4 is 29.0 Å². The molecule has 8 heteroatoms. The number of aromatic nitrogens is 4. The van der Waals surface area contributed by atoms with E-state index in [0.717, 1.165) is 17.1 Å². The zero-order valence-electron chi connectivity index (χ0n) is 15.6. The summed E-state index contributed by atoms with van der Waals surface area (Å²) >= 11 is 1.36. The summed E-state index contributed by atoms with van der Waals surface area (Å²) < 4.78 is 1.97. The van der Waals surface area contributed by atoms with Gasteiger partial charge in [-0.25, -0.2) is 0 Å². The summed E-state index contributed by atoms with van der Waals surface area (Å²) in [5.41, 5.74) is 2.56. The second kappa shape index (κ2) is 8.68. The van der Waals surface area contributed by atoms with Crippen LogP contribution in [0.3, 0.4) is 0 Å².